The lowest BCUT2D eigenvalue weighted by Gasteiger charge is -2.37. The number of benzene rings is 1. The summed E-state index contributed by atoms with van der Waals surface area (Å²) in [6, 6.07) is 5.23. The fourth-order valence-corrected chi connectivity index (χ4v) is 6.03. The lowest BCUT2D eigenvalue weighted by atomic mass is 9.78. The smallest absolute Gasteiger partial charge is 0.317 e. The van der Waals surface area contributed by atoms with Gasteiger partial charge in [-0.3, -0.25) is 0 Å². The highest BCUT2D eigenvalue weighted by atomic mass is 35.5. The molecule has 1 aliphatic carbocycles. The van der Waals surface area contributed by atoms with E-state index in [-0.39, 0.29) is 34.7 Å². The summed E-state index contributed by atoms with van der Waals surface area (Å²) >= 11 is 6.12. The quantitative estimate of drug-likeness (QED) is 0.364. The standard InChI is InChI=1S/C27H43ClFN3O2/c1-34-16-6-5-12-23(24-13-7-14-25(28)26(24)29)21-11-8-15-32(19-21)27(33)31-18-22(30)17-20-9-3-2-4-10-20/h7,13-14,20-23H,2-6,8-12,15-19,30H2,1H3,(H,31,33). The van der Waals surface area contributed by atoms with Gasteiger partial charge in [0.2, 0.25) is 0 Å². The van der Waals surface area contributed by atoms with Crippen molar-refractivity contribution in [3.8, 4) is 0 Å². The second kappa shape index (κ2) is 14.3. The predicted molar refractivity (Wildman–Crippen MR) is 137 cm³/mol. The van der Waals surface area contributed by atoms with Crippen molar-refractivity contribution in [1.29, 1.82) is 0 Å². The SMILES string of the molecule is COCCCCC(c1cccc(Cl)c1F)C1CCCN(C(=O)NCC(N)CC2CCCCC2)C1. The Kier molecular flexibility index (Phi) is 11.4. The van der Waals surface area contributed by atoms with Gasteiger partial charge in [-0.25, -0.2) is 9.18 Å². The van der Waals surface area contributed by atoms with Crippen molar-refractivity contribution in [1.82, 2.24) is 10.2 Å². The Labute approximate surface area is 209 Å². The maximum Gasteiger partial charge on any atom is 0.317 e. The Balaban J connectivity index is 1.57. The van der Waals surface area contributed by atoms with Crippen molar-refractivity contribution < 1.29 is 13.9 Å². The third-order valence-corrected chi connectivity index (χ3v) is 7.98. The fourth-order valence-electron chi connectivity index (χ4n) is 5.85. The molecule has 1 heterocycles. The molecule has 34 heavy (non-hydrogen) atoms. The van der Waals surface area contributed by atoms with E-state index < -0.39 is 0 Å². The summed E-state index contributed by atoms with van der Waals surface area (Å²) in [5.74, 6) is 0.605. The molecule has 2 aliphatic rings. The largest absolute Gasteiger partial charge is 0.385 e. The van der Waals surface area contributed by atoms with Gasteiger partial charge in [-0.15, -0.1) is 0 Å². The van der Waals surface area contributed by atoms with Crippen LogP contribution >= 0.6 is 11.6 Å². The second-order valence-electron chi connectivity index (χ2n) is 10.3. The number of unbranched alkanes of at least 4 members (excludes halogenated alkanes) is 1. The van der Waals surface area contributed by atoms with Crippen LogP contribution in [0.5, 0.6) is 0 Å². The Bertz CT molecular complexity index is 759. The number of methoxy groups -OCH3 is 1. The average molecular weight is 496 g/mol. The van der Waals surface area contributed by atoms with Crippen LogP contribution in [0.1, 0.15) is 82.1 Å². The third kappa shape index (κ3) is 8.10. The normalized spacial score (nSPS) is 21.3. The molecule has 0 spiro atoms. The van der Waals surface area contributed by atoms with Crippen molar-refractivity contribution in [2.45, 2.75) is 82.6 Å². The van der Waals surface area contributed by atoms with Crippen molar-refractivity contribution in [3.63, 3.8) is 0 Å². The summed E-state index contributed by atoms with van der Waals surface area (Å²) in [4.78, 5) is 14.9. The van der Waals surface area contributed by atoms with Crippen LogP contribution in [0.4, 0.5) is 9.18 Å². The number of ether oxygens (including phenoxy) is 1. The molecule has 0 radical (unpaired) electrons. The topological polar surface area (TPSA) is 67.6 Å². The number of halogens is 2. The minimum absolute atomic E-state index is 0.00160. The minimum Gasteiger partial charge on any atom is -0.385 e. The summed E-state index contributed by atoms with van der Waals surface area (Å²) in [6.45, 7) is 2.57. The molecule has 3 atom stereocenters. The van der Waals surface area contributed by atoms with Crippen LogP contribution in [0.15, 0.2) is 18.2 Å². The van der Waals surface area contributed by atoms with E-state index in [2.05, 4.69) is 5.32 Å². The van der Waals surface area contributed by atoms with E-state index in [0.717, 1.165) is 45.1 Å². The van der Waals surface area contributed by atoms with Crippen molar-refractivity contribution in [3.05, 3.63) is 34.6 Å². The Morgan fingerprint density at radius 2 is 2.03 bits per heavy atom. The average Bonchev–Trinajstić information content (AvgIpc) is 2.85. The van der Waals surface area contributed by atoms with E-state index in [0.29, 0.717) is 31.2 Å². The van der Waals surface area contributed by atoms with Crippen molar-refractivity contribution in [2.24, 2.45) is 17.6 Å². The van der Waals surface area contributed by atoms with Gasteiger partial charge in [0.15, 0.2) is 0 Å². The zero-order valence-corrected chi connectivity index (χ0v) is 21.5. The van der Waals surface area contributed by atoms with E-state index in [1.165, 1.54) is 32.1 Å². The second-order valence-corrected chi connectivity index (χ2v) is 10.7. The highest BCUT2D eigenvalue weighted by molar-refractivity contribution is 6.30. The fraction of sp³-hybridized carbons (Fsp3) is 0.741. The van der Waals surface area contributed by atoms with E-state index in [4.69, 9.17) is 22.1 Å². The Morgan fingerprint density at radius 3 is 2.79 bits per heavy atom. The third-order valence-electron chi connectivity index (χ3n) is 7.68. The van der Waals surface area contributed by atoms with E-state index in [1.54, 1.807) is 13.2 Å². The number of urea groups is 1. The minimum atomic E-state index is -0.323. The molecule has 1 saturated carbocycles. The molecule has 1 saturated heterocycles. The molecule has 0 bridgehead atoms. The lowest BCUT2D eigenvalue weighted by molar-refractivity contribution is 0.150. The molecule has 5 nitrogen and oxygen atoms in total. The van der Waals surface area contributed by atoms with Gasteiger partial charge in [0.1, 0.15) is 5.82 Å². The van der Waals surface area contributed by atoms with Gasteiger partial charge in [0, 0.05) is 39.4 Å². The summed E-state index contributed by atoms with van der Waals surface area (Å²) < 4.78 is 20.2. The van der Waals surface area contributed by atoms with Gasteiger partial charge in [0.05, 0.1) is 5.02 Å². The number of carbonyl (C=O) groups is 1. The van der Waals surface area contributed by atoms with E-state index in [1.807, 2.05) is 17.0 Å². The number of rotatable bonds is 11. The summed E-state index contributed by atoms with van der Waals surface area (Å²) in [7, 11) is 1.70. The first kappa shape index (κ1) is 27.2. The predicted octanol–water partition coefficient (Wildman–Crippen LogP) is 6.10. The first-order valence-electron chi connectivity index (χ1n) is 13.2. The van der Waals surface area contributed by atoms with Gasteiger partial charge < -0.3 is 20.7 Å². The van der Waals surface area contributed by atoms with Crippen molar-refractivity contribution >= 4 is 17.6 Å². The molecular formula is C27H43ClFN3O2. The van der Waals surface area contributed by atoms with Crippen LogP contribution in [-0.2, 0) is 4.74 Å². The maximum atomic E-state index is 15.0. The number of nitrogens with one attached hydrogen (secondary N) is 1. The molecule has 1 aromatic carbocycles. The zero-order valence-electron chi connectivity index (χ0n) is 20.7. The molecule has 192 valence electrons. The molecular weight excluding hydrogens is 453 g/mol. The Morgan fingerprint density at radius 1 is 1.24 bits per heavy atom. The number of carbonyl (C=O) groups excluding carboxylic acids is 1. The summed E-state index contributed by atoms with van der Waals surface area (Å²) in [5, 5.41) is 3.24. The van der Waals surface area contributed by atoms with Gasteiger partial charge in [-0.1, -0.05) is 62.3 Å². The number of piperidine rings is 1. The number of likely N-dealkylation sites (tertiary alicyclic amines) is 1. The van der Waals surface area contributed by atoms with Crippen LogP contribution in [0.25, 0.3) is 0 Å². The molecule has 3 N–H and O–H groups in total. The lowest BCUT2D eigenvalue weighted by Crippen LogP contribution is -2.49. The molecule has 3 rings (SSSR count). The first-order valence-corrected chi connectivity index (χ1v) is 13.6. The van der Waals surface area contributed by atoms with Gasteiger partial charge >= 0.3 is 6.03 Å². The Hall–Kier alpha value is -1.37. The molecule has 3 unspecified atom stereocenters. The molecule has 1 aromatic rings. The van der Waals surface area contributed by atoms with E-state index in [9.17, 15) is 9.18 Å². The highest BCUT2D eigenvalue weighted by Gasteiger charge is 2.32. The highest BCUT2D eigenvalue weighted by Crippen LogP contribution is 2.38. The van der Waals surface area contributed by atoms with Crippen LogP contribution < -0.4 is 11.1 Å². The van der Waals surface area contributed by atoms with Gasteiger partial charge in [0.25, 0.3) is 0 Å². The first-order chi connectivity index (χ1) is 16.5. The number of amides is 2. The van der Waals surface area contributed by atoms with E-state index >= 15 is 0 Å². The maximum absolute atomic E-state index is 15.0. The van der Waals surface area contributed by atoms with Crippen molar-refractivity contribution in [2.75, 3.05) is 33.4 Å². The number of hydrogen-bond acceptors (Lipinski definition) is 3. The van der Waals surface area contributed by atoms with Gasteiger partial charge in [-0.05, 0) is 61.5 Å². The molecule has 1 aliphatic heterocycles. The van der Waals surface area contributed by atoms with Crippen LogP contribution in [0, 0.1) is 17.7 Å². The van der Waals surface area contributed by atoms with Crippen LogP contribution in [-0.4, -0.2) is 50.3 Å². The number of hydrogen-bond donors (Lipinski definition) is 2. The van der Waals surface area contributed by atoms with Gasteiger partial charge in [-0.2, -0.15) is 0 Å². The summed E-state index contributed by atoms with van der Waals surface area (Å²) in [6.07, 6.45) is 12.1. The summed E-state index contributed by atoms with van der Waals surface area (Å²) in [5.41, 5.74) is 7.02. The molecule has 7 heteroatoms. The molecule has 2 fully saturated rings. The number of nitrogens with two attached hydrogens (primary N) is 1. The zero-order chi connectivity index (χ0) is 24.3. The van der Waals surface area contributed by atoms with Crippen LogP contribution in [0.3, 0.4) is 0 Å². The molecule has 0 aromatic heterocycles. The number of nitrogens with zero attached hydrogens (tertiary/aromatic N) is 1. The van der Waals surface area contributed by atoms with Crippen LogP contribution in [0.2, 0.25) is 5.02 Å². The molecule has 2 amide bonds. The monoisotopic (exact) mass is 495 g/mol.